The smallest absolute Gasteiger partial charge is 0.365 e. The van der Waals surface area contributed by atoms with Crippen molar-refractivity contribution in [2.75, 3.05) is 0 Å². The maximum Gasteiger partial charge on any atom is 0.365 e. The molecule has 0 bridgehead atoms. The first-order valence-electron chi connectivity index (χ1n) is 3.81. The first-order valence-corrected chi connectivity index (χ1v) is 4.75. The molecule has 0 aliphatic carbocycles. The molecule has 4 heteroatoms. The van der Waals surface area contributed by atoms with Gasteiger partial charge in [-0.1, -0.05) is 6.92 Å². The SMILES string of the molecule is CC/C(=C(/F)C(=O)O)c1ccsc1. The van der Waals surface area contributed by atoms with Crippen molar-refractivity contribution in [1.82, 2.24) is 0 Å². The van der Waals surface area contributed by atoms with E-state index in [1.807, 2.05) is 0 Å². The predicted octanol–water partition coefficient (Wildman–Crippen LogP) is 2.92. The van der Waals surface area contributed by atoms with Gasteiger partial charge < -0.3 is 5.11 Å². The van der Waals surface area contributed by atoms with Crippen LogP contribution in [0.15, 0.2) is 22.7 Å². The summed E-state index contributed by atoms with van der Waals surface area (Å²) in [5.74, 6) is -2.55. The van der Waals surface area contributed by atoms with Gasteiger partial charge in [-0.05, 0) is 28.8 Å². The van der Waals surface area contributed by atoms with Gasteiger partial charge in [-0.3, -0.25) is 0 Å². The maximum atomic E-state index is 13.0. The van der Waals surface area contributed by atoms with Crippen LogP contribution in [0, 0.1) is 0 Å². The molecule has 0 saturated heterocycles. The van der Waals surface area contributed by atoms with Gasteiger partial charge in [-0.2, -0.15) is 15.7 Å². The Morgan fingerprint density at radius 2 is 2.38 bits per heavy atom. The highest BCUT2D eigenvalue weighted by molar-refractivity contribution is 7.08. The minimum atomic E-state index is -1.50. The van der Waals surface area contributed by atoms with Crippen molar-refractivity contribution in [1.29, 1.82) is 0 Å². The van der Waals surface area contributed by atoms with Gasteiger partial charge in [0.2, 0.25) is 5.83 Å². The normalized spacial score (nSPS) is 12.5. The molecule has 0 fully saturated rings. The summed E-state index contributed by atoms with van der Waals surface area (Å²) in [6.07, 6.45) is 0.384. The summed E-state index contributed by atoms with van der Waals surface area (Å²) in [7, 11) is 0. The second-order valence-corrected chi connectivity index (χ2v) is 3.24. The number of thiophene rings is 1. The van der Waals surface area contributed by atoms with E-state index in [4.69, 9.17) is 5.11 Å². The summed E-state index contributed by atoms with van der Waals surface area (Å²) < 4.78 is 13.0. The number of carboxylic acid groups (broad SMARTS) is 1. The van der Waals surface area contributed by atoms with Crippen LogP contribution < -0.4 is 0 Å². The Balaban J connectivity index is 3.11. The zero-order valence-electron chi connectivity index (χ0n) is 7.08. The van der Waals surface area contributed by atoms with E-state index in [-0.39, 0.29) is 5.57 Å². The third-order valence-electron chi connectivity index (χ3n) is 1.68. The second-order valence-electron chi connectivity index (χ2n) is 2.46. The van der Waals surface area contributed by atoms with Crippen LogP contribution in [0.5, 0.6) is 0 Å². The monoisotopic (exact) mass is 200 g/mol. The molecule has 1 N–H and O–H groups in total. The van der Waals surface area contributed by atoms with Crippen molar-refractivity contribution < 1.29 is 14.3 Å². The number of hydrogen-bond donors (Lipinski definition) is 1. The third kappa shape index (κ3) is 2.15. The highest BCUT2D eigenvalue weighted by Gasteiger charge is 2.14. The van der Waals surface area contributed by atoms with E-state index in [9.17, 15) is 9.18 Å². The summed E-state index contributed by atoms with van der Waals surface area (Å²) in [5.41, 5.74) is 0.918. The standard InChI is InChI=1S/C9H9FO2S/c1-2-7(8(10)9(11)12)6-3-4-13-5-6/h3-5H,2H2,1H3,(H,11,12)/b8-7-. The molecule has 0 aromatic carbocycles. The van der Waals surface area contributed by atoms with Gasteiger partial charge in [0.05, 0.1) is 0 Å². The van der Waals surface area contributed by atoms with E-state index in [1.54, 1.807) is 23.8 Å². The van der Waals surface area contributed by atoms with E-state index in [0.717, 1.165) is 0 Å². The number of hydrogen-bond acceptors (Lipinski definition) is 2. The van der Waals surface area contributed by atoms with E-state index in [1.165, 1.54) is 11.3 Å². The average Bonchev–Trinajstić information content (AvgIpc) is 2.58. The lowest BCUT2D eigenvalue weighted by Gasteiger charge is -2.01. The van der Waals surface area contributed by atoms with Crippen LogP contribution >= 0.6 is 11.3 Å². The lowest BCUT2D eigenvalue weighted by molar-refractivity contribution is -0.134. The van der Waals surface area contributed by atoms with Crippen LogP contribution in [0.2, 0.25) is 0 Å². The van der Waals surface area contributed by atoms with Crippen LogP contribution in [0.4, 0.5) is 4.39 Å². The fraction of sp³-hybridized carbons (Fsp3) is 0.222. The molecule has 1 rings (SSSR count). The average molecular weight is 200 g/mol. The molecule has 0 amide bonds. The molecule has 0 aliphatic rings. The topological polar surface area (TPSA) is 37.3 Å². The van der Waals surface area contributed by atoms with Gasteiger partial charge in [0, 0.05) is 5.57 Å². The Kier molecular flexibility index (Phi) is 3.19. The Morgan fingerprint density at radius 1 is 1.69 bits per heavy atom. The van der Waals surface area contributed by atoms with Gasteiger partial charge in [0.25, 0.3) is 0 Å². The molecule has 1 aromatic heterocycles. The summed E-state index contributed by atoms with van der Waals surface area (Å²) in [6, 6.07) is 1.71. The van der Waals surface area contributed by atoms with E-state index in [2.05, 4.69) is 0 Å². The number of carbonyl (C=O) groups is 1. The largest absolute Gasteiger partial charge is 0.476 e. The van der Waals surface area contributed by atoms with Crippen LogP contribution in [0.1, 0.15) is 18.9 Å². The van der Waals surface area contributed by atoms with Crippen molar-refractivity contribution in [2.45, 2.75) is 13.3 Å². The molecule has 70 valence electrons. The van der Waals surface area contributed by atoms with Gasteiger partial charge in [-0.25, -0.2) is 4.79 Å². The molecule has 0 aliphatic heterocycles. The lowest BCUT2D eigenvalue weighted by Crippen LogP contribution is -1.98. The zero-order valence-corrected chi connectivity index (χ0v) is 7.90. The van der Waals surface area contributed by atoms with Crippen LogP contribution in [-0.4, -0.2) is 11.1 Å². The first kappa shape index (κ1) is 9.92. The fourth-order valence-electron chi connectivity index (χ4n) is 1.05. The van der Waals surface area contributed by atoms with Crippen molar-refractivity contribution in [2.24, 2.45) is 0 Å². The zero-order chi connectivity index (χ0) is 9.84. The van der Waals surface area contributed by atoms with Crippen LogP contribution in [0.3, 0.4) is 0 Å². The Bertz CT molecular complexity index is 327. The summed E-state index contributed by atoms with van der Waals surface area (Å²) in [4.78, 5) is 10.4. The van der Waals surface area contributed by atoms with E-state index < -0.39 is 11.8 Å². The summed E-state index contributed by atoms with van der Waals surface area (Å²) in [6.45, 7) is 1.73. The summed E-state index contributed by atoms with van der Waals surface area (Å²) in [5, 5.41) is 12.0. The van der Waals surface area contributed by atoms with Crippen LogP contribution in [-0.2, 0) is 4.79 Å². The fourth-order valence-corrected chi connectivity index (χ4v) is 1.72. The molecule has 0 saturated carbocycles. The molecule has 0 radical (unpaired) electrons. The predicted molar refractivity (Wildman–Crippen MR) is 50.3 cm³/mol. The van der Waals surface area contributed by atoms with Crippen molar-refractivity contribution >= 4 is 22.9 Å². The number of allylic oxidation sites excluding steroid dienone is 1. The quantitative estimate of drug-likeness (QED) is 0.762. The molecule has 0 unspecified atom stereocenters. The van der Waals surface area contributed by atoms with Crippen molar-refractivity contribution in [3.05, 3.63) is 28.2 Å². The third-order valence-corrected chi connectivity index (χ3v) is 2.36. The molecular weight excluding hydrogens is 191 g/mol. The highest BCUT2D eigenvalue weighted by atomic mass is 32.1. The van der Waals surface area contributed by atoms with Gasteiger partial charge >= 0.3 is 5.97 Å². The van der Waals surface area contributed by atoms with E-state index in [0.29, 0.717) is 12.0 Å². The minimum Gasteiger partial charge on any atom is -0.476 e. The number of halogens is 1. The molecule has 13 heavy (non-hydrogen) atoms. The number of rotatable bonds is 3. The Labute approximate surface area is 79.3 Å². The highest BCUT2D eigenvalue weighted by Crippen LogP contribution is 2.25. The first-order chi connectivity index (χ1) is 6.16. The molecular formula is C9H9FO2S. The number of aliphatic carboxylic acids is 1. The Hall–Kier alpha value is -1.16. The summed E-state index contributed by atoms with van der Waals surface area (Å²) >= 11 is 1.42. The van der Waals surface area contributed by atoms with Crippen molar-refractivity contribution in [3.8, 4) is 0 Å². The molecule has 1 aromatic rings. The molecule has 2 nitrogen and oxygen atoms in total. The number of carboxylic acids is 1. The minimum absolute atomic E-state index is 0.258. The Morgan fingerprint density at radius 3 is 2.77 bits per heavy atom. The lowest BCUT2D eigenvalue weighted by atomic mass is 10.1. The van der Waals surface area contributed by atoms with Crippen molar-refractivity contribution in [3.63, 3.8) is 0 Å². The van der Waals surface area contributed by atoms with E-state index >= 15 is 0 Å². The van der Waals surface area contributed by atoms with Gasteiger partial charge in [0.15, 0.2) is 0 Å². The van der Waals surface area contributed by atoms with Gasteiger partial charge in [0.1, 0.15) is 0 Å². The maximum absolute atomic E-state index is 13.0. The molecule has 0 spiro atoms. The molecule has 0 atom stereocenters. The van der Waals surface area contributed by atoms with Gasteiger partial charge in [-0.15, -0.1) is 0 Å². The molecule has 1 heterocycles. The van der Waals surface area contributed by atoms with Crippen LogP contribution in [0.25, 0.3) is 5.57 Å². The second kappa shape index (κ2) is 4.18.